The molecule has 0 saturated carbocycles. The van der Waals surface area contributed by atoms with Crippen LogP contribution in [0.4, 0.5) is 0 Å². The summed E-state index contributed by atoms with van der Waals surface area (Å²) in [6.45, 7) is 0. The Hall–Kier alpha value is 42.4. The van der Waals surface area contributed by atoms with E-state index in [2.05, 4.69) is 540 Å². The Morgan fingerprint density at radius 2 is 0.271 bits per heavy atom. The summed E-state index contributed by atoms with van der Waals surface area (Å²) in [5, 5.41) is 0. The molecule has 0 aliphatic heterocycles. The normalized spacial score (nSPS) is 18.9. The van der Waals surface area contributed by atoms with Crippen LogP contribution in [0.5, 0.6) is 0 Å². The van der Waals surface area contributed by atoms with Crippen LogP contribution < -0.4 is 17.0 Å². The number of hydrogen-bond acceptors (Lipinski definition) is 0. The van der Waals surface area contributed by atoms with E-state index < -0.39 is 221 Å². The fourth-order valence-corrected chi connectivity index (χ4v) is 10900. The van der Waals surface area contributed by atoms with Gasteiger partial charge in [0.25, 0.3) is 0 Å². The van der Waals surface area contributed by atoms with Crippen molar-refractivity contribution in [3.8, 4) is 0 Å². The number of hydrogen-bond donors (Lipinski definition) is 0. The van der Waals surface area contributed by atoms with E-state index in [0.29, 0.717) is 0 Å². The van der Waals surface area contributed by atoms with Gasteiger partial charge in [0.15, 0.2) is 0 Å². The van der Waals surface area contributed by atoms with Crippen LogP contribution >= 0.6 is 761 Å². The van der Waals surface area contributed by atoms with Gasteiger partial charge in [-0.15, -0.1) is 0 Å². The van der Waals surface area contributed by atoms with Gasteiger partial charge in [0.1, 0.15) is 0 Å². The van der Waals surface area contributed by atoms with E-state index in [-0.39, 0.29) is 17.0 Å². The molecule has 0 fully saturated rings. The van der Waals surface area contributed by atoms with Crippen molar-refractivity contribution >= 4 is 767 Å². The van der Waals surface area contributed by atoms with Crippen molar-refractivity contribution in [2.24, 2.45) is 0 Å². The van der Waals surface area contributed by atoms with Gasteiger partial charge in [-0.05, 0) is 0 Å². The van der Waals surface area contributed by atoms with E-state index in [4.69, 9.17) is 5.70 Å². The summed E-state index contributed by atoms with van der Waals surface area (Å²) in [6.07, 6.45) is 0. The second-order valence-corrected chi connectivity index (χ2v) is 1370. The third-order valence-electron chi connectivity index (χ3n) is 2.27. The summed E-state index contributed by atoms with van der Waals surface area (Å²) in [6, 6.07) is 0. The summed E-state index contributed by atoms with van der Waals surface area (Å²) >= 11 is 96.0. The maximum atomic E-state index is 6.40. The zero-order valence-electron chi connectivity index (χ0n) is 22.5. The Labute approximate surface area is 737 Å². The Balaban J connectivity index is 5.66. The summed E-state index contributed by atoms with van der Waals surface area (Å²) < 4.78 is 0. The van der Waals surface area contributed by atoms with Crippen LogP contribution in [-0.4, -0.2) is 5.70 Å². The van der Waals surface area contributed by atoms with Gasteiger partial charge in [-0.25, -0.2) is 0 Å². The second-order valence-electron chi connectivity index (χ2n) is 4.62. The molecule has 0 aliphatic carbocycles. The van der Waals surface area contributed by atoms with Gasteiger partial charge in [-0.1, -0.05) is 0 Å². The topological polar surface area (TPSA) is 0 Å². The molecule has 0 saturated heterocycles. The molecule has 0 unspecified atom stereocenters. The summed E-state index contributed by atoms with van der Waals surface area (Å²) in [5.41, 5.74) is 6.40. The van der Waals surface area contributed by atoms with Crippen molar-refractivity contribution in [2.75, 3.05) is 0 Å². The van der Waals surface area contributed by atoms with Crippen LogP contribution in [0.1, 0.15) is 0 Å². The van der Waals surface area contributed by atoms with E-state index in [1.165, 1.54) is 0 Å². The maximum absolute atomic E-state index is 6.40. The fourth-order valence-electron chi connectivity index (χ4n) is 0.826. The van der Waals surface area contributed by atoms with Crippen molar-refractivity contribution in [1.82, 2.24) is 0 Å². The predicted molar refractivity (Wildman–Crippen MR) is 805 cm³/mol. The molecule has 0 spiro atoms. The molecule has 0 aromatic heterocycles. The second kappa shape index (κ2) is 61.1. The molecule has 0 aromatic rings. The summed E-state index contributed by atoms with van der Waals surface area (Å²) in [7, 11) is -16.0. The Morgan fingerprint density at radius 3 is 0.373 bits per heavy atom. The first-order valence-electron chi connectivity index (χ1n) is 8.36. The molecule has 0 aromatic carbocycles. The molecule has 0 rings (SSSR count). The van der Waals surface area contributed by atoms with Crippen LogP contribution in [-0.2, 0) is 0 Å². The van der Waals surface area contributed by atoms with Crippen LogP contribution in [0.2, 0.25) is 0 Å². The monoisotopic (exact) mass is 7370 g/mol. The molecule has 0 aliphatic rings. The number of rotatable bonds is 28. The molecule has 0 atom stereocenters. The van der Waals surface area contributed by atoms with Crippen molar-refractivity contribution in [1.29, 1.82) is 0 Å². The van der Waals surface area contributed by atoms with E-state index in [9.17, 15) is 0 Å². The molecule has 0 N–H and O–H groups in total. The zero-order valence-corrected chi connectivity index (χ0v) is 148. The molecular formula is BI58-. The van der Waals surface area contributed by atoms with Gasteiger partial charge in [-0.3, -0.25) is 0 Å². The Bertz CT molecular complexity index is 1090. The molecule has 0 heterocycles. The third-order valence-corrected chi connectivity index (χ3v) is 4480. The summed E-state index contributed by atoms with van der Waals surface area (Å²) in [5.74, 6) is 0. The van der Waals surface area contributed by atoms with Crippen LogP contribution in [0.3, 0.4) is 0 Å². The SMILES string of the molecule is [B][I-]I(I)I(I)I(I)I(I)I(I)I(I)I(I)I(I)I(I)I(I)I(I)I(I)I(I)I(I)I(I)I(I)I(I)I(I)I(I)I(I)I(I)I(I)I(I)I(I)I(I)I(I)I(I)I(I)I. The van der Waals surface area contributed by atoms with Crippen molar-refractivity contribution in [2.45, 2.75) is 0 Å². The minimum atomic E-state index is -0.613. The van der Waals surface area contributed by atoms with Crippen molar-refractivity contribution in [3.63, 3.8) is 0 Å². The first-order chi connectivity index (χ1) is 26.9. The molecule has 0 bridgehead atoms. The van der Waals surface area contributed by atoms with Crippen LogP contribution in [0.15, 0.2) is 0 Å². The van der Waals surface area contributed by atoms with E-state index in [0.717, 1.165) is 0 Å². The molecule has 2 radical (unpaired) electrons. The minimum absolute atomic E-state index is 0.156. The first-order valence-corrected chi connectivity index (χ1v) is 368. The summed E-state index contributed by atoms with van der Waals surface area (Å²) in [4.78, 5) is 0. The average molecular weight is 7370 g/mol. The van der Waals surface area contributed by atoms with Gasteiger partial charge in [0, 0.05) is 0 Å². The molecule has 59 heteroatoms. The van der Waals surface area contributed by atoms with Gasteiger partial charge >= 0.3 is 784 Å². The van der Waals surface area contributed by atoms with Gasteiger partial charge < -0.3 is 0 Å². The van der Waals surface area contributed by atoms with Crippen LogP contribution in [0, 0.1) is 0 Å². The van der Waals surface area contributed by atoms with Gasteiger partial charge in [0.2, 0.25) is 0 Å². The molecule has 0 nitrogen and oxygen atoms in total. The van der Waals surface area contributed by atoms with Gasteiger partial charge in [-0.2, -0.15) is 0 Å². The molecule has 0 amide bonds. The average Bonchev–Trinajstić information content (AvgIpc) is 3.23. The van der Waals surface area contributed by atoms with Crippen molar-refractivity contribution in [3.05, 3.63) is 0 Å². The number of halogens is 58. The molecule has 410 valence electrons. The van der Waals surface area contributed by atoms with E-state index in [1.807, 2.05) is 0 Å². The quantitative estimate of drug-likeness (QED) is 0.0541. The Kier molecular flexibility index (Phi) is 105. The fraction of sp³-hybridized carbons (Fsp3) is 0. The van der Waals surface area contributed by atoms with E-state index >= 15 is 0 Å². The molecule has 59 heavy (non-hydrogen) atoms. The zero-order chi connectivity index (χ0) is 46.9. The van der Waals surface area contributed by atoms with E-state index in [1.54, 1.807) is 0 Å². The predicted octanol–water partition coefficient (Wildman–Crippen LogP) is 47.1. The first kappa shape index (κ1) is 101. The Morgan fingerprint density at radius 1 is 0.169 bits per heavy atom. The standard InChI is InChI=1S/BI58/c1-31-33(4)35(6)37(8)39(10)41(12)43(14)45(16)47(18)49(20)51(22)53(24)55(26)57(28)59(30)58(29)56(27)54(25)52(23)50(21)48(19)46(17)44(15)42(13)40(11)38(9)36(7)34(5)32(2)3/q-1. The van der Waals surface area contributed by atoms with Crippen LogP contribution in [0.25, 0.3) is 0 Å². The molecular weight excluding hydrogens is 7370 g/mol. The van der Waals surface area contributed by atoms with Gasteiger partial charge in [0.05, 0.1) is 0 Å². The third kappa shape index (κ3) is 41.9. The van der Waals surface area contributed by atoms with Crippen molar-refractivity contribution < 1.29 is 17.0 Å².